The van der Waals surface area contributed by atoms with Gasteiger partial charge in [0.1, 0.15) is 0 Å². The predicted molar refractivity (Wildman–Crippen MR) is 167 cm³/mol. The van der Waals surface area contributed by atoms with Crippen molar-refractivity contribution < 1.29 is 0 Å². The number of nitrogens with zero attached hydrogens (tertiary/aromatic N) is 3. The van der Waals surface area contributed by atoms with Crippen LogP contribution < -0.4 is 0 Å². The van der Waals surface area contributed by atoms with Gasteiger partial charge in [-0.1, -0.05) is 59.3 Å². The maximum Gasteiger partial charge on any atom is 0.0542 e. The van der Waals surface area contributed by atoms with Crippen molar-refractivity contribution in [3.8, 4) is 11.3 Å². The number of hydrogen-bond acceptors (Lipinski definition) is 2. The van der Waals surface area contributed by atoms with Gasteiger partial charge in [0.05, 0.1) is 11.4 Å². The molecule has 0 N–H and O–H groups in total. The fourth-order valence-corrected chi connectivity index (χ4v) is 5.53. The first-order valence-electron chi connectivity index (χ1n) is 14.6. The van der Waals surface area contributed by atoms with Gasteiger partial charge in [-0.05, 0) is 99.6 Å². The van der Waals surface area contributed by atoms with Crippen LogP contribution in [0.3, 0.4) is 0 Å². The van der Waals surface area contributed by atoms with Gasteiger partial charge in [0.25, 0.3) is 0 Å². The molecule has 0 amide bonds. The highest BCUT2D eigenvalue weighted by molar-refractivity contribution is 6.04. The van der Waals surface area contributed by atoms with E-state index in [1.807, 2.05) is 12.3 Å². The Balaban J connectivity index is 2.33. The van der Waals surface area contributed by atoms with Gasteiger partial charge in [-0.3, -0.25) is 9.98 Å². The summed E-state index contributed by atoms with van der Waals surface area (Å²) in [5.41, 5.74) is 10.1. The second-order valence-electron chi connectivity index (χ2n) is 11.4. The molecule has 3 rings (SSSR count). The monoisotopic (exact) mass is 511 g/mol. The van der Waals surface area contributed by atoms with Crippen molar-refractivity contribution in [2.75, 3.05) is 0 Å². The summed E-state index contributed by atoms with van der Waals surface area (Å²) < 4.78 is 2.52. The van der Waals surface area contributed by atoms with E-state index in [4.69, 9.17) is 9.98 Å². The molecule has 0 aliphatic carbocycles. The molecule has 0 radical (unpaired) electrons. The van der Waals surface area contributed by atoms with Crippen LogP contribution in [0.4, 0.5) is 0 Å². The molecular formula is C35H49N3. The molecule has 0 aliphatic heterocycles. The van der Waals surface area contributed by atoms with Crippen LogP contribution >= 0.6 is 0 Å². The molecule has 1 aromatic carbocycles. The first-order chi connectivity index (χ1) is 18.2. The molecule has 3 nitrogen and oxygen atoms in total. The number of hydrogen-bond donors (Lipinski definition) is 0. The van der Waals surface area contributed by atoms with Gasteiger partial charge in [-0.25, -0.2) is 0 Å². The normalized spacial score (nSPS) is 13.8. The van der Waals surface area contributed by atoms with E-state index in [0.717, 1.165) is 56.5 Å². The molecule has 0 spiro atoms. The quantitative estimate of drug-likeness (QED) is 0.166. The van der Waals surface area contributed by atoms with Gasteiger partial charge in [-0.2, -0.15) is 0 Å². The molecule has 38 heavy (non-hydrogen) atoms. The Morgan fingerprint density at radius 3 is 2.58 bits per heavy atom. The fourth-order valence-electron chi connectivity index (χ4n) is 5.53. The van der Waals surface area contributed by atoms with Crippen molar-refractivity contribution in [3.63, 3.8) is 0 Å². The van der Waals surface area contributed by atoms with E-state index >= 15 is 0 Å². The standard InChI is InChI=1S/C35H49N3/c1-10-15-21-35(8,9)24-31-30-23-27(26(7)37-28(13-4)17-11-2)19-20-32(30)38(14-5)34(31)29-18-16-22-36-33(29)25(6)12-3/h10,13,16,18-20,22-23,25H,1,11-12,14-15,17,21,24H2,2-9H3/b28-13-,37-26?. The number of aryl methyl sites for hydroxylation is 1. The number of benzene rings is 1. The molecule has 0 fully saturated rings. The van der Waals surface area contributed by atoms with Crippen molar-refractivity contribution in [2.24, 2.45) is 10.4 Å². The lowest BCUT2D eigenvalue weighted by Crippen LogP contribution is -2.16. The van der Waals surface area contributed by atoms with Gasteiger partial charge in [0, 0.05) is 40.6 Å². The number of allylic oxidation sites excluding steroid dienone is 3. The Labute approximate surface area is 231 Å². The Morgan fingerprint density at radius 1 is 1.18 bits per heavy atom. The zero-order chi connectivity index (χ0) is 27.9. The molecular weight excluding hydrogens is 462 g/mol. The van der Waals surface area contributed by atoms with Crippen molar-refractivity contribution in [1.29, 1.82) is 0 Å². The minimum absolute atomic E-state index is 0.146. The Bertz CT molecular complexity index is 1300. The average molecular weight is 512 g/mol. The van der Waals surface area contributed by atoms with Crippen molar-refractivity contribution in [3.05, 3.63) is 77.8 Å². The van der Waals surface area contributed by atoms with Crippen LogP contribution in [0.1, 0.15) is 110 Å². The predicted octanol–water partition coefficient (Wildman–Crippen LogP) is 10.3. The Kier molecular flexibility index (Phi) is 10.3. The summed E-state index contributed by atoms with van der Waals surface area (Å²) in [6.45, 7) is 23.0. The molecule has 0 aliphatic rings. The highest BCUT2D eigenvalue weighted by Crippen LogP contribution is 2.42. The lowest BCUT2D eigenvalue weighted by atomic mass is 9.80. The van der Waals surface area contributed by atoms with Crippen LogP contribution in [0, 0.1) is 5.41 Å². The van der Waals surface area contributed by atoms with E-state index in [1.54, 1.807) is 0 Å². The smallest absolute Gasteiger partial charge is 0.0542 e. The zero-order valence-corrected chi connectivity index (χ0v) is 25.2. The van der Waals surface area contributed by atoms with E-state index in [9.17, 15) is 0 Å². The van der Waals surface area contributed by atoms with Crippen LogP contribution in [-0.4, -0.2) is 15.3 Å². The van der Waals surface area contributed by atoms with Crippen LogP contribution in [0.2, 0.25) is 0 Å². The maximum absolute atomic E-state index is 5.01. The second-order valence-corrected chi connectivity index (χ2v) is 11.4. The summed E-state index contributed by atoms with van der Waals surface area (Å²) in [4.78, 5) is 9.92. The summed E-state index contributed by atoms with van der Waals surface area (Å²) in [5, 5.41) is 1.34. The molecule has 3 heteroatoms. The third-order valence-electron chi connectivity index (χ3n) is 7.91. The fraction of sp³-hybridized carbons (Fsp3) is 0.486. The van der Waals surface area contributed by atoms with Gasteiger partial charge in [0.15, 0.2) is 0 Å². The van der Waals surface area contributed by atoms with E-state index in [0.29, 0.717) is 5.92 Å². The number of aromatic nitrogens is 2. The summed E-state index contributed by atoms with van der Waals surface area (Å²) >= 11 is 0. The van der Waals surface area contributed by atoms with Gasteiger partial charge < -0.3 is 4.57 Å². The SMILES string of the molecule is C=CCCC(C)(C)Cc1c(-c2cccnc2C(C)CC)n(CC)c2ccc(C(C)=N/C(=C\C)CCC)cc12. The van der Waals surface area contributed by atoms with E-state index in [2.05, 4.69) is 103 Å². The van der Waals surface area contributed by atoms with Crippen molar-refractivity contribution in [1.82, 2.24) is 9.55 Å². The minimum atomic E-state index is 0.146. The Morgan fingerprint density at radius 2 is 1.95 bits per heavy atom. The zero-order valence-electron chi connectivity index (χ0n) is 25.2. The molecule has 0 saturated carbocycles. The van der Waals surface area contributed by atoms with E-state index < -0.39 is 0 Å². The topological polar surface area (TPSA) is 30.2 Å². The van der Waals surface area contributed by atoms with Gasteiger partial charge in [-0.15, -0.1) is 6.58 Å². The summed E-state index contributed by atoms with van der Waals surface area (Å²) in [6, 6.07) is 11.3. The lowest BCUT2D eigenvalue weighted by Gasteiger charge is -2.25. The molecule has 0 bridgehead atoms. The second kappa shape index (κ2) is 13.2. The summed E-state index contributed by atoms with van der Waals surface area (Å²) in [6.07, 6.45) is 12.5. The highest BCUT2D eigenvalue weighted by atomic mass is 15.0. The number of pyridine rings is 1. The largest absolute Gasteiger partial charge is 0.340 e. The van der Waals surface area contributed by atoms with E-state index in [-0.39, 0.29) is 5.41 Å². The molecule has 2 aromatic heterocycles. The third-order valence-corrected chi connectivity index (χ3v) is 7.91. The first-order valence-corrected chi connectivity index (χ1v) is 14.6. The van der Waals surface area contributed by atoms with Crippen LogP contribution in [0.5, 0.6) is 0 Å². The maximum atomic E-state index is 5.01. The number of rotatable bonds is 13. The molecule has 2 heterocycles. The molecule has 1 atom stereocenters. The number of aliphatic imine (C=N–C) groups is 1. The third kappa shape index (κ3) is 6.54. The van der Waals surface area contributed by atoms with Crippen LogP contribution in [-0.2, 0) is 13.0 Å². The molecule has 3 aromatic rings. The van der Waals surface area contributed by atoms with E-state index in [1.165, 1.54) is 39.0 Å². The minimum Gasteiger partial charge on any atom is -0.340 e. The molecule has 0 saturated heterocycles. The number of fused-ring (bicyclic) bond motifs is 1. The van der Waals surface area contributed by atoms with Crippen molar-refractivity contribution >= 4 is 16.6 Å². The van der Waals surface area contributed by atoms with Gasteiger partial charge >= 0.3 is 0 Å². The summed E-state index contributed by atoms with van der Waals surface area (Å²) in [7, 11) is 0. The van der Waals surface area contributed by atoms with Gasteiger partial charge in [0.2, 0.25) is 0 Å². The lowest BCUT2D eigenvalue weighted by molar-refractivity contribution is 0.337. The highest BCUT2D eigenvalue weighted by Gasteiger charge is 2.27. The Hall–Kier alpha value is -2.94. The summed E-state index contributed by atoms with van der Waals surface area (Å²) in [5.74, 6) is 0.402. The molecule has 1 unspecified atom stereocenters. The average Bonchev–Trinajstić information content (AvgIpc) is 3.22. The van der Waals surface area contributed by atoms with Crippen molar-refractivity contribution in [2.45, 2.75) is 106 Å². The molecule has 204 valence electrons. The van der Waals surface area contributed by atoms with Crippen LogP contribution in [0.15, 0.2) is 65.9 Å². The first kappa shape index (κ1) is 29.6. The van der Waals surface area contributed by atoms with Crippen LogP contribution in [0.25, 0.3) is 22.2 Å².